The summed E-state index contributed by atoms with van der Waals surface area (Å²) >= 11 is 14.2. The summed E-state index contributed by atoms with van der Waals surface area (Å²) in [6.07, 6.45) is 0. The molecule has 16 heavy (non-hydrogen) atoms. The zero-order valence-corrected chi connectivity index (χ0v) is 12.6. The van der Waals surface area contributed by atoms with Crippen molar-refractivity contribution in [3.63, 3.8) is 0 Å². The van der Waals surface area contributed by atoms with E-state index in [1.807, 2.05) is 17.5 Å². The number of halogens is 4. The molecule has 0 amide bonds. The van der Waals surface area contributed by atoms with Crippen LogP contribution in [-0.2, 0) is 0 Å². The van der Waals surface area contributed by atoms with Crippen LogP contribution >= 0.6 is 54.8 Å². The minimum absolute atomic E-state index is 0.201. The van der Waals surface area contributed by atoms with Gasteiger partial charge in [0.2, 0.25) is 0 Å². The third kappa shape index (κ3) is 2.50. The maximum Gasteiger partial charge on any atom is 0.129 e. The van der Waals surface area contributed by atoms with E-state index in [1.165, 1.54) is 17.4 Å². The van der Waals surface area contributed by atoms with Crippen LogP contribution in [0.4, 0.5) is 4.39 Å². The van der Waals surface area contributed by atoms with Gasteiger partial charge in [0.15, 0.2) is 0 Å². The second-order valence-electron chi connectivity index (χ2n) is 3.16. The Kier molecular flexibility index (Phi) is 4.06. The molecule has 2 aromatic rings. The molecule has 0 nitrogen and oxygen atoms in total. The quantitative estimate of drug-likeness (QED) is 0.575. The topological polar surface area (TPSA) is 0 Å². The van der Waals surface area contributed by atoms with Crippen molar-refractivity contribution in [3.05, 3.63) is 55.4 Å². The minimum Gasteiger partial charge on any atom is -0.207 e. The summed E-state index contributed by atoms with van der Waals surface area (Å²) in [5.74, 6) is -0.249. The lowest BCUT2D eigenvalue weighted by atomic mass is 10.1. The zero-order chi connectivity index (χ0) is 11.7. The molecule has 1 unspecified atom stereocenters. The number of benzene rings is 1. The highest BCUT2D eigenvalue weighted by Crippen LogP contribution is 2.39. The number of hydrogen-bond donors (Lipinski definition) is 0. The summed E-state index contributed by atoms with van der Waals surface area (Å²) in [5, 5.41) is 2.55. The van der Waals surface area contributed by atoms with Crippen molar-refractivity contribution < 1.29 is 4.39 Å². The summed E-state index contributed by atoms with van der Waals surface area (Å²) in [6.45, 7) is 0. The molecular weight excluding hydrogens is 378 g/mol. The second kappa shape index (κ2) is 5.17. The lowest BCUT2D eigenvalue weighted by molar-refractivity contribution is 0.613. The van der Waals surface area contributed by atoms with Crippen LogP contribution in [0.15, 0.2) is 34.1 Å². The highest BCUT2D eigenvalue weighted by molar-refractivity contribution is 9.10. The second-order valence-corrected chi connectivity index (χ2v) is 6.35. The van der Waals surface area contributed by atoms with Gasteiger partial charge in [0.05, 0.1) is 9.85 Å². The van der Waals surface area contributed by atoms with Crippen LogP contribution in [0.25, 0.3) is 0 Å². The normalized spacial score (nSPS) is 12.8. The van der Waals surface area contributed by atoms with Gasteiger partial charge in [-0.25, -0.2) is 4.39 Å². The fourth-order valence-corrected chi connectivity index (χ4v) is 3.90. The summed E-state index contributed by atoms with van der Waals surface area (Å²) in [7, 11) is 0. The molecule has 0 saturated heterocycles. The average Bonchev–Trinajstić information content (AvgIpc) is 2.63. The molecule has 0 spiro atoms. The Morgan fingerprint density at radius 2 is 2.06 bits per heavy atom. The Bertz CT molecular complexity index is 512. The van der Waals surface area contributed by atoms with Crippen LogP contribution in [0.2, 0.25) is 5.02 Å². The maximum atomic E-state index is 13.7. The molecule has 84 valence electrons. The van der Waals surface area contributed by atoms with Crippen LogP contribution in [0.3, 0.4) is 0 Å². The van der Waals surface area contributed by atoms with Gasteiger partial charge in [-0.05, 0) is 23.6 Å². The average molecular weight is 384 g/mol. The number of rotatable bonds is 2. The predicted octanol–water partition coefficient (Wildman–Crippen LogP) is 5.79. The van der Waals surface area contributed by atoms with Crippen LogP contribution in [0.1, 0.15) is 15.3 Å². The van der Waals surface area contributed by atoms with Gasteiger partial charge in [-0.3, -0.25) is 0 Å². The van der Waals surface area contributed by atoms with Crippen molar-refractivity contribution in [1.29, 1.82) is 0 Å². The van der Waals surface area contributed by atoms with E-state index in [9.17, 15) is 4.39 Å². The van der Waals surface area contributed by atoms with E-state index >= 15 is 0 Å². The van der Waals surface area contributed by atoms with Crippen molar-refractivity contribution in [3.8, 4) is 0 Å². The van der Waals surface area contributed by atoms with Gasteiger partial charge >= 0.3 is 0 Å². The fourth-order valence-electron chi connectivity index (χ4n) is 1.33. The van der Waals surface area contributed by atoms with Crippen LogP contribution in [0, 0.1) is 5.82 Å². The van der Waals surface area contributed by atoms with Crippen LogP contribution in [-0.4, -0.2) is 0 Å². The predicted molar refractivity (Wildman–Crippen MR) is 74.2 cm³/mol. The Balaban J connectivity index is 2.41. The number of hydrogen-bond acceptors (Lipinski definition) is 1. The van der Waals surface area contributed by atoms with E-state index in [0.29, 0.717) is 10.6 Å². The first-order valence-electron chi connectivity index (χ1n) is 4.41. The minimum atomic E-state index is -0.249. The summed E-state index contributed by atoms with van der Waals surface area (Å²) in [4.78, 5) is 0.719. The van der Waals surface area contributed by atoms with Gasteiger partial charge < -0.3 is 0 Å². The zero-order valence-electron chi connectivity index (χ0n) is 7.88. The third-order valence-electron chi connectivity index (χ3n) is 2.11. The Morgan fingerprint density at radius 1 is 1.31 bits per heavy atom. The summed E-state index contributed by atoms with van der Waals surface area (Å²) < 4.78 is 14.5. The van der Waals surface area contributed by atoms with Crippen molar-refractivity contribution >= 4 is 54.8 Å². The van der Waals surface area contributed by atoms with Crippen molar-refractivity contribution in [2.75, 3.05) is 0 Å². The van der Waals surface area contributed by atoms with Gasteiger partial charge in [-0.2, -0.15) is 0 Å². The largest absolute Gasteiger partial charge is 0.207 e. The smallest absolute Gasteiger partial charge is 0.129 e. The fraction of sp³-hybridized carbons (Fsp3) is 0.0909. The molecule has 1 aromatic carbocycles. The van der Waals surface area contributed by atoms with Gasteiger partial charge in [0.25, 0.3) is 0 Å². The van der Waals surface area contributed by atoms with E-state index in [-0.39, 0.29) is 10.6 Å². The molecule has 1 aromatic heterocycles. The number of thiophene rings is 1. The van der Waals surface area contributed by atoms with Crippen molar-refractivity contribution in [1.82, 2.24) is 0 Å². The summed E-state index contributed by atoms with van der Waals surface area (Å²) in [5.41, 5.74) is 0.590. The van der Waals surface area contributed by atoms with E-state index in [0.717, 1.165) is 9.35 Å². The molecule has 0 aliphatic rings. The highest BCUT2D eigenvalue weighted by atomic mass is 79.9. The summed E-state index contributed by atoms with van der Waals surface area (Å²) in [6, 6.07) is 6.82. The van der Waals surface area contributed by atoms with Gasteiger partial charge in [-0.15, -0.1) is 11.3 Å². The van der Waals surface area contributed by atoms with Gasteiger partial charge in [-0.1, -0.05) is 49.5 Å². The molecule has 0 N–H and O–H groups in total. The van der Waals surface area contributed by atoms with Crippen LogP contribution < -0.4 is 0 Å². The van der Waals surface area contributed by atoms with Gasteiger partial charge in [0, 0.05) is 14.9 Å². The molecule has 1 heterocycles. The Labute approximate surface area is 119 Å². The van der Waals surface area contributed by atoms with Crippen LogP contribution in [0.5, 0.6) is 0 Å². The van der Waals surface area contributed by atoms with E-state index in [2.05, 4.69) is 31.9 Å². The molecule has 0 bridgehead atoms. The molecule has 0 aliphatic heterocycles. The van der Waals surface area contributed by atoms with Crippen molar-refractivity contribution in [2.45, 2.75) is 4.83 Å². The van der Waals surface area contributed by atoms with E-state index < -0.39 is 0 Å². The highest BCUT2D eigenvalue weighted by Gasteiger charge is 2.18. The molecule has 0 radical (unpaired) electrons. The molecule has 0 saturated carbocycles. The lowest BCUT2D eigenvalue weighted by Crippen LogP contribution is -1.94. The van der Waals surface area contributed by atoms with Crippen molar-refractivity contribution in [2.24, 2.45) is 0 Å². The standard InChI is InChI=1S/C11H6Br2ClFS/c12-6-1-2-7(9(15)5-6)10(13)11-8(14)3-4-16-11/h1-5,10H. The molecule has 1 atom stereocenters. The van der Waals surface area contributed by atoms with Gasteiger partial charge in [0.1, 0.15) is 5.82 Å². The van der Waals surface area contributed by atoms with E-state index in [4.69, 9.17) is 11.6 Å². The molecule has 0 fully saturated rings. The first-order chi connectivity index (χ1) is 7.59. The molecular formula is C11H6Br2ClFS. The first-order valence-corrected chi connectivity index (χ1v) is 7.38. The third-order valence-corrected chi connectivity index (χ3v) is 5.28. The molecule has 0 aliphatic carbocycles. The van der Waals surface area contributed by atoms with E-state index in [1.54, 1.807) is 6.07 Å². The lowest BCUT2D eigenvalue weighted by Gasteiger charge is -2.10. The Hall–Kier alpha value is 0.1000. The molecule has 5 heteroatoms. The Morgan fingerprint density at radius 3 is 2.62 bits per heavy atom. The molecule has 2 rings (SSSR count). The monoisotopic (exact) mass is 382 g/mol. The SMILES string of the molecule is Fc1cc(Br)ccc1C(Br)c1sccc1Cl. The number of alkyl halides is 1. The first kappa shape index (κ1) is 12.6. The maximum absolute atomic E-state index is 13.7.